The SMILES string of the molecule is NS(=O)(=O)OC[C@H]1C[C@@H](Cc2ncncc2C(=O)c2ccn(Cc3ccccc3Cl)n2)[C@H](O)[C@@H]1O. The third-order valence-corrected chi connectivity index (χ3v) is 6.86. The highest BCUT2D eigenvalue weighted by Crippen LogP contribution is 2.35. The molecule has 4 N–H and O–H groups in total. The summed E-state index contributed by atoms with van der Waals surface area (Å²) in [5.74, 6) is -1.52. The van der Waals surface area contributed by atoms with Crippen LogP contribution in [0, 0.1) is 11.8 Å². The molecule has 0 spiro atoms. The highest BCUT2D eigenvalue weighted by atomic mass is 35.5. The van der Waals surface area contributed by atoms with E-state index in [0.717, 1.165) is 5.56 Å². The van der Waals surface area contributed by atoms with Gasteiger partial charge in [0, 0.05) is 23.3 Å². The quantitative estimate of drug-likeness (QED) is 0.343. The summed E-state index contributed by atoms with van der Waals surface area (Å²) in [7, 11) is -4.17. The molecular weight excluding hydrogens is 498 g/mol. The van der Waals surface area contributed by atoms with Crippen molar-refractivity contribution in [1.82, 2.24) is 19.7 Å². The molecule has 11 nitrogen and oxygen atoms in total. The number of halogens is 1. The number of hydrogen-bond acceptors (Lipinski definition) is 9. The van der Waals surface area contributed by atoms with Crippen molar-refractivity contribution in [2.24, 2.45) is 17.0 Å². The van der Waals surface area contributed by atoms with Crippen molar-refractivity contribution in [3.8, 4) is 0 Å². The molecule has 2 heterocycles. The highest BCUT2D eigenvalue weighted by molar-refractivity contribution is 7.84. The van der Waals surface area contributed by atoms with E-state index in [2.05, 4.69) is 19.2 Å². The predicted octanol–water partition coefficient (Wildman–Crippen LogP) is 0.726. The molecule has 1 aliphatic carbocycles. The Hall–Kier alpha value is -2.74. The summed E-state index contributed by atoms with van der Waals surface area (Å²) < 4.78 is 28.3. The Balaban J connectivity index is 1.48. The standard InChI is InChI=1S/C22H24ClN5O6S/c23-17-4-2-1-3-13(17)10-28-6-5-18(27-28)22(31)16-9-25-12-26-19(16)8-14-7-15(21(30)20(14)29)11-34-35(24,32)33/h1-6,9,12,14-15,20-21,29-30H,7-8,10-11H2,(H2,24,32,33)/t14-,15+,20-,21+/m0/s1. The molecule has 186 valence electrons. The molecule has 0 aliphatic heterocycles. The van der Waals surface area contributed by atoms with Crippen LogP contribution in [0.3, 0.4) is 0 Å². The first-order valence-electron chi connectivity index (χ1n) is 10.8. The maximum atomic E-state index is 13.2. The second kappa shape index (κ2) is 10.5. The number of nitrogens with two attached hydrogens (primary N) is 1. The number of nitrogens with zero attached hydrogens (tertiary/aromatic N) is 4. The first-order valence-corrected chi connectivity index (χ1v) is 12.6. The van der Waals surface area contributed by atoms with Gasteiger partial charge in [-0.1, -0.05) is 29.8 Å². The van der Waals surface area contributed by atoms with Gasteiger partial charge in [0.15, 0.2) is 0 Å². The third kappa shape index (κ3) is 6.10. The largest absolute Gasteiger partial charge is 0.390 e. The summed E-state index contributed by atoms with van der Waals surface area (Å²) in [6, 6.07) is 8.93. The molecule has 1 fully saturated rings. The van der Waals surface area contributed by atoms with Gasteiger partial charge in [-0.25, -0.2) is 15.1 Å². The van der Waals surface area contributed by atoms with E-state index < -0.39 is 34.3 Å². The number of carbonyl (C=O) groups excluding carboxylic acids is 1. The van der Waals surface area contributed by atoms with Crippen LogP contribution in [0.1, 0.15) is 33.7 Å². The lowest BCUT2D eigenvalue weighted by Crippen LogP contribution is -2.31. The number of hydrogen-bond donors (Lipinski definition) is 3. The topological polar surface area (TPSA) is 171 Å². The minimum absolute atomic E-state index is 0.161. The van der Waals surface area contributed by atoms with Crippen molar-refractivity contribution in [2.75, 3.05) is 6.61 Å². The number of aliphatic hydroxyl groups excluding tert-OH is 2. The van der Waals surface area contributed by atoms with E-state index in [4.69, 9.17) is 16.7 Å². The van der Waals surface area contributed by atoms with Crippen LogP contribution >= 0.6 is 11.6 Å². The van der Waals surface area contributed by atoms with Crippen LogP contribution in [0.5, 0.6) is 0 Å². The van der Waals surface area contributed by atoms with Gasteiger partial charge in [0.2, 0.25) is 5.78 Å². The van der Waals surface area contributed by atoms with Crippen LogP contribution < -0.4 is 5.14 Å². The zero-order chi connectivity index (χ0) is 25.2. The summed E-state index contributed by atoms with van der Waals surface area (Å²) in [6.07, 6.45) is 2.40. The molecule has 0 radical (unpaired) electrons. The van der Waals surface area contributed by atoms with Crippen molar-refractivity contribution in [1.29, 1.82) is 0 Å². The molecule has 4 rings (SSSR count). The number of benzene rings is 1. The van der Waals surface area contributed by atoms with E-state index in [-0.39, 0.29) is 36.5 Å². The Kier molecular flexibility index (Phi) is 7.59. The molecule has 1 saturated carbocycles. The molecule has 4 atom stereocenters. The highest BCUT2D eigenvalue weighted by Gasteiger charge is 2.42. The first-order chi connectivity index (χ1) is 16.6. The van der Waals surface area contributed by atoms with Crippen LogP contribution in [0.2, 0.25) is 5.02 Å². The molecule has 3 aromatic rings. The zero-order valence-electron chi connectivity index (χ0n) is 18.4. The second-order valence-corrected chi connectivity index (χ2v) is 10.0. The van der Waals surface area contributed by atoms with Gasteiger partial charge in [-0.2, -0.15) is 13.5 Å². The smallest absolute Gasteiger partial charge is 0.333 e. The molecular formula is C22H24ClN5O6S. The van der Waals surface area contributed by atoms with E-state index in [1.54, 1.807) is 23.0 Å². The average molecular weight is 522 g/mol. The Bertz CT molecular complexity index is 1320. The van der Waals surface area contributed by atoms with Crippen molar-refractivity contribution in [3.05, 3.63) is 76.6 Å². The summed E-state index contributed by atoms with van der Waals surface area (Å²) in [6.45, 7) is 0.0330. The van der Waals surface area contributed by atoms with Gasteiger partial charge in [-0.05, 0) is 36.5 Å². The summed E-state index contributed by atoms with van der Waals surface area (Å²) in [4.78, 5) is 21.4. The van der Waals surface area contributed by atoms with E-state index in [1.165, 1.54) is 12.5 Å². The fourth-order valence-electron chi connectivity index (χ4n) is 4.24. The predicted molar refractivity (Wildman–Crippen MR) is 125 cm³/mol. The molecule has 0 amide bonds. The van der Waals surface area contributed by atoms with Crippen LogP contribution in [0.25, 0.3) is 0 Å². The van der Waals surface area contributed by atoms with E-state index in [1.807, 2.05) is 18.2 Å². The van der Waals surface area contributed by atoms with Gasteiger partial charge in [0.05, 0.1) is 36.6 Å². The number of aromatic nitrogens is 4. The molecule has 35 heavy (non-hydrogen) atoms. The first kappa shape index (κ1) is 25.4. The van der Waals surface area contributed by atoms with E-state index in [9.17, 15) is 23.4 Å². The van der Waals surface area contributed by atoms with E-state index in [0.29, 0.717) is 17.3 Å². The Morgan fingerprint density at radius 1 is 1.20 bits per heavy atom. The number of aliphatic hydroxyl groups is 2. The molecule has 1 aromatic carbocycles. The fourth-order valence-corrected chi connectivity index (χ4v) is 4.80. The average Bonchev–Trinajstić information content (AvgIpc) is 3.39. The minimum Gasteiger partial charge on any atom is -0.390 e. The minimum atomic E-state index is -4.17. The lowest BCUT2D eigenvalue weighted by Gasteiger charge is -2.17. The molecule has 2 aromatic heterocycles. The van der Waals surface area contributed by atoms with Crippen molar-refractivity contribution < 1.29 is 27.6 Å². The monoisotopic (exact) mass is 521 g/mol. The Morgan fingerprint density at radius 3 is 2.69 bits per heavy atom. The van der Waals surface area contributed by atoms with Crippen LogP contribution in [0.4, 0.5) is 0 Å². The second-order valence-electron chi connectivity index (χ2n) is 8.42. The van der Waals surface area contributed by atoms with Gasteiger partial charge in [0.25, 0.3) is 0 Å². The Labute approximate surface area is 206 Å². The molecule has 0 saturated heterocycles. The van der Waals surface area contributed by atoms with Gasteiger partial charge in [-0.15, -0.1) is 0 Å². The maximum absolute atomic E-state index is 13.2. The fraction of sp³-hybridized carbons (Fsp3) is 0.364. The van der Waals surface area contributed by atoms with Crippen molar-refractivity contribution in [3.63, 3.8) is 0 Å². The molecule has 1 aliphatic rings. The van der Waals surface area contributed by atoms with Gasteiger partial charge < -0.3 is 10.2 Å². The molecule has 0 unspecified atom stereocenters. The van der Waals surface area contributed by atoms with Crippen LogP contribution in [0.15, 0.2) is 49.1 Å². The number of ketones is 1. The van der Waals surface area contributed by atoms with Crippen LogP contribution in [-0.2, 0) is 27.5 Å². The summed E-state index contributed by atoms with van der Waals surface area (Å²) >= 11 is 6.21. The van der Waals surface area contributed by atoms with Crippen LogP contribution in [-0.4, -0.2) is 63.0 Å². The van der Waals surface area contributed by atoms with Gasteiger partial charge in [0.1, 0.15) is 12.0 Å². The maximum Gasteiger partial charge on any atom is 0.333 e. The third-order valence-electron chi connectivity index (χ3n) is 6.03. The normalized spacial score (nSPS) is 22.4. The zero-order valence-corrected chi connectivity index (χ0v) is 20.0. The van der Waals surface area contributed by atoms with E-state index >= 15 is 0 Å². The summed E-state index contributed by atoms with van der Waals surface area (Å²) in [5.41, 5.74) is 1.66. The number of rotatable bonds is 9. The summed E-state index contributed by atoms with van der Waals surface area (Å²) in [5, 5.41) is 30.6. The van der Waals surface area contributed by atoms with Gasteiger partial charge >= 0.3 is 10.3 Å². The lowest BCUT2D eigenvalue weighted by molar-refractivity contribution is -0.00334. The van der Waals surface area contributed by atoms with Crippen molar-refractivity contribution in [2.45, 2.75) is 31.6 Å². The van der Waals surface area contributed by atoms with Gasteiger partial charge in [-0.3, -0.25) is 13.7 Å². The lowest BCUT2D eigenvalue weighted by atomic mass is 9.95. The Morgan fingerprint density at radius 2 is 1.94 bits per heavy atom. The molecule has 13 heteroatoms. The molecule has 0 bridgehead atoms. The number of carbonyl (C=O) groups is 1. The van der Waals surface area contributed by atoms with Crippen molar-refractivity contribution >= 4 is 27.7 Å².